The Morgan fingerprint density at radius 3 is 3.00 bits per heavy atom. The van der Waals surface area contributed by atoms with Gasteiger partial charge in [-0.1, -0.05) is 0 Å². The van der Waals surface area contributed by atoms with E-state index in [4.69, 9.17) is 0 Å². The van der Waals surface area contributed by atoms with E-state index >= 15 is 0 Å². The third kappa shape index (κ3) is 2.42. The molecule has 3 rings (SSSR count). The number of nitrogens with one attached hydrogen (secondary N) is 1. The number of rotatable bonds is 3. The number of amides is 1. The first-order chi connectivity index (χ1) is 9.65. The van der Waals surface area contributed by atoms with Crippen molar-refractivity contribution < 1.29 is 4.79 Å². The summed E-state index contributed by atoms with van der Waals surface area (Å²) in [5.41, 5.74) is 2.06. The quantitative estimate of drug-likeness (QED) is 0.805. The zero-order chi connectivity index (χ0) is 14.1. The van der Waals surface area contributed by atoms with Crippen molar-refractivity contribution in [1.82, 2.24) is 14.8 Å². The van der Waals surface area contributed by atoms with Crippen molar-refractivity contribution in [2.45, 2.75) is 20.4 Å². The normalized spacial score (nSPS) is 10.9. The van der Waals surface area contributed by atoms with Crippen molar-refractivity contribution in [2.24, 2.45) is 0 Å². The second-order valence-electron chi connectivity index (χ2n) is 4.43. The fraction of sp³-hybridized carbons (Fsp3) is 0.214. The molecule has 6 heteroatoms. The molecule has 0 fully saturated rings. The molecule has 0 atom stereocenters. The van der Waals surface area contributed by atoms with Gasteiger partial charge in [-0.15, -0.1) is 11.3 Å². The van der Waals surface area contributed by atoms with Crippen molar-refractivity contribution in [3.63, 3.8) is 0 Å². The van der Waals surface area contributed by atoms with Crippen molar-refractivity contribution in [3.05, 3.63) is 41.2 Å². The molecule has 3 aromatic rings. The SMILES string of the molecule is CCn1ccc(C(=O)Nc2ccc3sc(C)nc3c2)n1. The summed E-state index contributed by atoms with van der Waals surface area (Å²) < 4.78 is 2.85. The van der Waals surface area contributed by atoms with Crippen molar-refractivity contribution >= 4 is 33.1 Å². The van der Waals surface area contributed by atoms with E-state index in [0.29, 0.717) is 5.69 Å². The van der Waals surface area contributed by atoms with Gasteiger partial charge in [-0.25, -0.2) is 4.98 Å². The first kappa shape index (κ1) is 12.8. The lowest BCUT2D eigenvalue weighted by atomic mass is 10.3. The molecule has 1 N–H and O–H groups in total. The van der Waals surface area contributed by atoms with Gasteiger partial charge in [0.25, 0.3) is 5.91 Å². The molecular weight excluding hydrogens is 272 g/mol. The summed E-state index contributed by atoms with van der Waals surface area (Å²) in [6.07, 6.45) is 1.79. The number of hydrogen-bond donors (Lipinski definition) is 1. The monoisotopic (exact) mass is 286 g/mol. The van der Waals surface area contributed by atoms with E-state index in [1.165, 1.54) is 0 Å². The molecule has 0 radical (unpaired) electrons. The third-order valence-electron chi connectivity index (χ3n) is 2.95. The van der Waals surface area contributed by atoms with Crippen LogP contribution in [-0.2, 0) is 6.54 Å². The van der Waals surface area contributed by atoms with Crippen LogP contribution < -0.4 is 5.32 Å². The van der Waals surface area contributed by atoms with Crippen LogP contribution in [0.2, 0.25) is 0 Å². The minimum atomic E-state index is -0.205. The van der Waals surface area contributed by atoms with Crippen molar-refractivity contribution in [1.29, 1.82) is 0 Å². The van der Waals surface area contributed by atoms with E-state index in [2.05, 4.69) is 15.4 Å². The number of aromatic nitrogens is 3. The van der Waals surface area contributed by atoms with Crippen LogP contribution in [0.3, 0.4) is 0 Å². The Morgan fingerprint density at radius 2 is 2.25 bits per heavy atom. The number of hydrogen-bond acceptors (Lipinski definition) is 4. The molecule has 0 bridgehead atoms. The predicted octanol–water partition coefficient (Wildman–Crippen LogP) is 3.07. The fourth-order valence-electron chi connectivity index (χ4n) is 1.97. The highest BCUT2D eigenvalue weighted by Gasteiger charge is 2.10. The Kier molecular flexibility index (Phi) is 3.23. The minimum Gasteiger partial charge on any atom is -0.321 e. The lowest BCUT2D eigenvalue weighted by Crippen LogP contribution is -2.13. The van der Waals surface area contributed by atoms with E-state index < -0.39 is 0 Å². The molecule has 0 aliphatic rings. The number of carbonyl (C=O) groups is 1. The van der Waals surface area contributed by atoms with Gasteiger partial charge in [-0.05, 0) is 38.1 Å². The van der Waals surface area contributed by atoms with Crippen LogP contribution in [0.15, 0.2) is 30.5 Å². The Morgan fingerprint density at radius 1 is 1.40 bits per heavy atom. The molecule has 0 spiro atoms. The van der Waals surface area contributed by atoms with E-state index in [9.17, 15) is 4.79 Å². The largest absolute Gasteiger partial charge is 0.321 e. The number of benzene rings is 1. The second kappa shape index (κ2) is 5.05. The number of nitrogens with zero attached hydrogens (tertiary/aromatic N) is 3. The van der Waals surface area contributed by atoms with Gasteiger partial charge >= 0.3 is 0 Å². The van der Waals surface area contributed by atoms with Crippen LogP contribution in [-0.4, -0.2) is 20.7 Å². The molecule has 102 valence electrons. The summed E-state index contributed by atoms with van der Waals surface area (Å²) in [4.78, 5) is 16.5. The maximum atomic E-state index is 12.1. The summed E-state index contributed by atoms with van der Waals surface area (Å²) in [7, 11) is 0. The first-order valence-electron chi connectivity index (χ1n) is 6.37. The smallest absolute Gasteiger partial charge is 0.276 e. The Bertz CT molecular complexity index is 774. The van der Waals surface area contributed by atoms with E-state index in [-0.39, 0.29) is 5.91 Å². The van der Waals surface area contributed by atoms with Crippen LogP contribution in [0.4, 0.5) is 5.69 Å². The zero-order valence-electron chi connectivity index (χ0n) is 11.3. The van der Waals surface area contributed by atoms with Gasteiger partial charge in [0, 0.05) is 18.4 Å². The molecule has 0 unspecified atom stereocenters. The fourth-order valence-corrected chi connectivity index (χ4v) is 2.78. The van der Waals surface area contributed by atoms with Gasteiger partial charge < -0.3 is 5.32 Å². The molecule has 0 saturated carbocycles. The van der Waals surface area contributed by atoms with Gasteiger partial charge in [-0.2, -0.15) is 5.10 Å². The van der Waals surface area contributed by atoms with Crippen LogP contribution in [0.5, 0.6) is 0 Å². The number of anilines is 1. The number of aryl methyl sites for hydroxylation is 2. The number of thiazole rings is 1. The molecule has 2 heterocycles. The molecule has 2 aromatic heterocycles. The molecular formula is C14H14N4OS. The molecule has 5 nitrogen and oxygen atoms in total. The predicted molar refractivity (Wildman–Crippen MR) is 80.2 cm³/mol. The standard InChI is InChI=1S/C14H14N4OS/c1-3-18-7-6-11(17-18)14(19)16-10-4-5-13-12(8-10)15-9(2)20-13/h4-8H,3H2,1-2H3,(H,16,19). The van der Waals surface area contributed by atoms with Crippen molar-refractivity contribution in [3.8, 4) is 0 Å². The van der Waals surface area contributed by atoms with Gasteiger partial charge in [-0.3, -0.25) is 9.48 Å². The second-order valence-corrected chi connectivity index (χ2v) is 5.66. The van der Waals surface area contributed by atoms with Gasteiger partial charge in [0.15, 0.2) is 5.69 Å². The zero-order valence-corrected chi connectivity index (χ0v) is 12.1. The van der Waals surface area contributed by atoms with Crippen LogP contribution >= 0.6 is 11.3 Å². The lowest BCUT2D eigenvalue weighted by Gasteiger charge is -2.02. The molecule has 0 aliphatic heterocycles. The highest BCUT2D eigenvalue weighted by atomic mass is 32.1. The summed E-state index contributed by atoms with van der Waals surface area (Å²) in [5.74, 6) is -0.205. The summed E-state index contributed by atoms with van der Waals surface area (Å²) in [6.45, 7) is 4.70. The highest BCUT2D eigenvalue weighted by Crippen LogP contribution is 2.24. The van der Waals surface area contributed by atoms with Gasteiger partial charge in [0.1, 0.15) is 0 Å². The first-order valence-corrected chi connectivity index (χ1v) is 7.19. The Hall–Kier alpha value is -2.21. The average Bonchev–Trinajstić information content (AvgIpc) is 3.03. The van der Waals surface area contributed by atoms with Gasteiger partial charge in [0.2, 0.25) is 0 Å². The summed E-state index contributed by atoms with van der Waals surface area (Å²) in [5, 5.41) is 8.05. The Balaban J connectivity index is 1.82. The van der Waals surface area contributed by atoms with Crippen LogP contribution in [0, 0.1) is 6.92 Å². The molecule has 20 heavy (non-hydrogen) atoms. The lowest BCUT2D eigenvalue weighted by molar-refractivity contribution is 0.102. The average molecular weight is 286 g/mol. The molecule has 1 aromatic carbocycles. The maximum Gasteiger partial charge on any atom is 0.276 e. The highest BCUT2D eigenvalue weighted by molar-refractivity contribution is 7.18. The summed E-state index contributed by atoms with van der Waals surface area (Å²) >= 11 is 1.64. The van der Waals surface area contributed by atoms with E-state index in [1.807, 2.05) is 32.0 Å². The molecule has 1 amide bonds. The van der Waals surface area contributed by atoms with Crippen molar-refractivity contribution in [2.75, 3.05) is 5.32 Å². The maximum absolute atomic E-state index is 12.1. The molecule has 0 aliphatic carbocycles. The summed E-state index contributed by atoms with van der Waals surface area (Å²) in [6, 6.07) is 7.45. The van der Waals surface area contributed by atoms with E-state index in [0.717, 1.165) is 27.5 Å². The van der Waals surface area contributed by atoms with Gasteiger partial charge in [0.05, 0.1) is 15.2 Å². The number of fused-ring (bicyclic) bond motifs is 1. The molecule has 0 saturated heterocycles. The topological polar surface area (TPSA) is 59.8 Å². The third-order valence-corrected chi connectivity index (χ3v) is 3.90. The Labute approximate surface area is 120 Å². The van der Waals surface area contributed by atoms with E-state index in [1.54, 1.807) is 28.3 Å². The number of carbonyl (C=O) groups excluding carboxylic acids is 1. The van der Waals surface area contributed by atoms with Crippen LogP contribution in [0.1, 0.15) is 22.4 Å². The minimum absolute atomic E-state index is 0.205. The van der Waals surface area contributed by atoms with Crippen LogP contribution in [0.25, 0.3) is 10.2 Å².